The van der Waals surface area contributed by atoms with Crippen molar-refractivity contribution in [1.29, 1.82) is 0 Å². The standard InChI is InChI=1S/C12H18O2.C6H6S/c1-2-3-4-5-7-10-11(13)8-6-9-12(10)14;7-6-4-2-1-3-5-6/h6,8-9,13-14H,2-5,7H2,1H3;1-5,7H. The van der Waals surface area contributed by atoms with Crippen LogP contribution in [0, 0.1) is 0 Å². The highest BCUT2D eigenvalue weighted by Crippen LogP contribution is 2.27. The monoisotopic (exact) mass is 304 g/mol. The summed E-state index contributed by atoms with van der Waals surface area (Å²) in [6.07, 6.45) is 5.36. The lowest BCUT2D eigenvalue weighted by Crippen LogP contribution is -1.87. The molecular weight excluding hydrogens is 280 g/mol. The van der Waals surface area contributed by atoms with E-state index < -0.39 is 0 Å². The van der Waals surface area contributed by atoms with Crippen LogP contribution in [0.1, 0.15) is 38.2 Å². The highest BCUT2D eigenvalue weighted by molar-refractivity contribution is 7.80. The van der Waals surface area contributed by atoms with Crippen LogP contribution < -0.4 is 0 Å². The van der Waals surface area contributed by atoms with Crippen molar-refractivity contribution in [2.24, 2.45) is 0 Å². The maximum absolute atomic E-state index is 9.49. The first kappa shape index (κ1) is 17.4. The van der Waals surface area contributed by atoms with Crippen LogP contribution in [0.5, 0.6) is 11.5 Å². The normalized spacial score (nSPS) is 9.81. The number of phenolic OH excluding ortho intramolecular Hbond substituents is 2. The molecule has 2 N–H and O–H groups in total. The van der Waals surface area contributed by atoms with E-state index in [1.165, 1.54) is 12.8 Å². The molecule has 0 unspecified atom stereocenters. The highest BCUT2D eigenvalue weighted by atomic mass is 32.1. The minimum atomic E-state index is 0.210. The fraction of sp³-hybridized carbons (Fsp3) is 0.333. The van der Waals surface area contributed by atoms with Gasteiger partial charge >= 0.3 is 0 Å². The summed E-state index contributed by atoms with van der Waals surface area (Å²) >= 11 is 4.08. The Morgan fingerprint density at radius 3 is 1.90 bits per heavy atom. The van der Waals surface area contributed by atoms with Gasteiger partial charge in [0.05, 0.1) is 0 Å². The zero-order chi connectivity index (χ0) is 15.5. The Balaban J connectivity index is 0.000000262. The van der Waals surface area contributed by atoms with Crippen LogP contribution in [0.25, 0.3) is 0 Å². The maximum atomic E-state index is 9.49. The van der Waals surface area contributed by atoms with Gasteiger partial charge in [0.15, 0.2) is 0 Å². The number of benzene rings is 2. The Kier molecular flexibility index (Phi) is 8.44. The second-order valence-corrected chi connectivity index (χ2v) is 5.44. The molecule has 0 aliphatic rings. The highest BCUT2D eigenvalue weighted by Gasteiger charge is 2.05. The fourth-order valence-electron chi connectivity index (χ4n) is 1.98. The summed E-state index contributed by atoms with van der Waals surface area (Å²) in [5.74, 6) is 0.419. The molecule has 0 fully saturated rings. The Labute approximate surface area is 132 Å². The van der Waals surface area contributed by atoms with Crippen LogP contribution >= 0.6 is 12.6 Å². The van der Waals surface area contributed by atoms with Gasteiger partial charge in [-0.15, -0.1) is 12.6 Å². The van der Waals surface area contributed by atoms with E-state index in [1.54, 1.807) is 18.2 Å². The fourth-order valence-corrected chi connectivity index (χ4v) is 2.15. The summed E-state index contributed by atoms with van der Waals surface area (Å²) in [5.41, 5.74) is 0.684. The lowest BCUT2D eigenvalue weighted by Gasteiger charge is -2.06. The van der Waals surface area contributed by atoms with Crippen LogP contribution in [0.15, 0.2) is 53.4 Å². The molecule has 0 saturated carbocycles. The van der Waals surface area contributed by atoms with Crippen molar-refractivity contribution >= 4 is 12.6 Å². The van der Waals surface area contributed by atoms with Gasteiger partial charge in [-0.05, 0) is 37.1 Å². The second kappa shape index (κ2) is 10.2. The molecule has 0 bridgehead atoms. The van der Waals surface area contributed by atoms with E-state index >= 15 is 0 Å². The van der Waals surface area contributed by atoms with E-state index in [4.69, 9.17) is 0 Å². The largest absolute Gasteiger partial charge is 0.508 e. The summed E-state index contributed by atoms with van der Waals surface area (Å²) in [6.45, 7) is 2.16. The first-order valence-corrected chi connectivity index (χ1v) is 7.83. The quantitative estimate of drug-likeness (QED) is 0.525. The van der Waals surface area contributed by atoms with Gasteiger partial charge in [-0.1, -0.05) is 50.5 Å². The predicted octanol–water partition coefficient (Wildman–Crippen LogP) is 5.20. The van der Waals surface area contributed by atoms with Crippen molar-refractivity contribution < 1.29 is 10.2 Å². The number of hydrogen-bond donors (Lipinski definition) is 3. The van der Waals surface area contributed by atoms with Crippen LogP contribution in [-0.2, 0) is 6.42 Å². The Bertz CT molecular complexity index is 492. The van der Waals surface area contributed by atoms with Gasteiger partial charge in [0.2, 0.25) is 0 Å². The van der Waals surface area contributed by atoms with E-state index in [-0.39, 0.29) is 11.5 Å². The minimum absolute atomic E-state index is 0.210. The SMILES string of the molecule is CCCCCCc1c(O)cccc1O.Sc1ccccc1. The Morgan fingerprint density at radius 1 is 0.810 bits per heavy atom. The van der Waals surface area contributed by atoms with Crippen molar-refractivity contribution in [3.8, 4) is 11.5 Å². The third kappa shape index (κ3) is 7.09. The summed E-state index contributed by atoms with van der Waals surface area (Å²) in [4.78, 5) is 1.02. The van der Waals surface area contributed by atoms with Crippen LogP contribution in [-0.4, -0.2) is 10.2 Å². The molecular formula is C18H24O2S. The molecule has 0 saturated heterocycles. The number of unbranched alkanes of at least 4 members (excludes halogenated alkanes) is 3. The van der Waals surface area contributed by atoms with E-state index in [0.717, 1.165) is 24.2 Å². The smallest absolute Gasteiger partial charge is 0.122 e. The molecule has 21 heavy (non-hydrogen) atoms. The average Bonchev–Trinajstić information content (AvgIpc) is 2.47. The average molecular weight is 304 g/mol. The summed E-state index contributed by atoms with van der Waals surface area (Å²) < 4.78 is 0. The van der Waals surface area contributed by atoms with Crippen LogP contribution in [0.4, 0.5) is 0 Å². The summed E-state index contributed by atoms with van der Waals surface area (Å²) in [6, 6.07) is 14.7. The van der Waals surface area contributed by atoms with Gasteiger partial charge in [-0.3, -0.25) is 0 Å². The van der Waals surface area contributed by atoms with Gasteiger partial charge < -0.3 is 10.2 Å². The van der Waals surface area contributed by atoms with Gasteiger partial charge in [0, 0.05) is 10.5 Å². The van der Waals surface area contributed by atoms with E-state index in [0.29, 0.717) is 5.56 Å². The third-order valence-electron chi connectivity index (χ3n) is 3.16. The molecule has 0 aromatic heterocycles. The summed E-state index contributed by atoms with van der Waals surface area (Å²) in [7, 11) is 0. The first-order chi connectivity index (χ1) is 10.1. The van der Waals surface area contributed by atoms with Crippen LogP contribution in [0.2, 0.25) is 0 Å². The molecule has 0 atom stereocenters. The lowest BCUT2D eigenvalue weighted by atomic mass is 10.0. The molecule has 3 heteroatoms. The number of aromatic hydroxyl groups is 2. The topological polar surface area (TPSA) is 40.5 Å². The molecule has 2 aromatic carbocycles. The first-order valence-electron chi connectivity index (χ1n) is 7.39. The van der Waals surface area contributed by atoms with Crippen molar-refractivity contribution in [1.82, 2.24) is 0 Å². The lowest BCUT2D eigenvalue weighted by molar-refractivity contribution is 0.436. The van der Waals surface area contributed by atoms with Gasteiger partial charge in [-0.25, -0.2) is 0 Å². The van der Waals surface area contributed by atoms with Gasteiger partial charge in [-0.2, -0.15) is 0 Å². The van der Waals surface area contributed by atoms with Gasteiger partial charge in [0.25, 0.3) is 0 Å². The molecule has 0 aliphatic carbocycles. The molecule has 2 aromatic rings. The molecule has 0 aliphatic heterocycles. The summed E-state index contributed by atoms with van der Waals surface area (Å²) in [5, 5.41) is 19.0. The zero-order valence-corrected chi connectivity index (χ0v) is 13.4. The van der Waals surface area contributed by atoms with Crippen molar-refractivity contribution in [3.05, 3.63) is 54.1 Å². The second-order valence-electron chi connectivity index (χ2n) is 4.92. The zero-order valence-electron chi connectivity index (χ0n) is 12.5. The molecule has 0 radical (unpaired) electrons. The molecule has 0 spiro atoms. The Hall–Kier alpha value is -1.61. The predicted molar refractivity (Wildman–Crippen MR) is 91.3 cm³/mol. The van der Waals surface area contributed by atoms with Crippen molar-refractivity contribution in [2.75, 3.05) is 0 Å². The van der Waals surface area contributed by atoms with E-state index in [9.17, 15) is 10.2 Å². The van der Waals surface area contributed by atoms with Crippen molar-refractivity contribution in [2.45, 2.75) is 43.9 Å². The van der Waals surface area contributed by atoms with E-state index in [1.807, 2.05) is 30.3 Å². The van der Waals surface area contributed by atoms with Gasteiger partial charge in [0.1, 0.15) is 11.5 Å². The number of hydrogen-bond acceptors (Lipinski definition) is 3. The third-order valence-corrected chi connectivity index (χ3v) is 3.46. The molecule has 114 valence electrons. The number of rotatable bonds is 5. The Morgan fingerprint density at radius 2 is 1.43 bits per heavy atom. The molecule has 0 amide bonds. The maximum Gasteiger partial charge on any atom is 0.122 e. The number of thiol groups is 1. The molecule has 2 rings (SSSR count). The van der Waals surface area contributed by atoms with Crippen LogP contribution in [0.3, 0.4) is 0 Å². The molecule has 0 heterocycles. The minimum Gasteiger partial charge on any atom is -0.508 e. The number of phenols is 2. The van der Waals surface area contributed by atoms with E-state index in [2.05, 4.69) is 19.6 Å². The van der Waals surface area contributed by atoms with Crippen molar-refractivity contribution in [3.63, 3.8) is 0 Å². The molecule has 2 nitrogen and oxygen atoms in total.